The Kier molecular flexibility index (Phi) is 6.34. The van der Waals surface area contributed by atoms with Gasteiger partial charge >= 0.3 is 12.1 Å². The van der Waals surface area contributed by atoms with Gasteiger partial charge in [0.15, 0.2) is 5.72 Å². The van der Waals surface area contributed by atoms with Crippen LogP contribution in [-0.4, -0.2) is 17.7 Å². The van der Waals surface area contributed by atoms with Crippen LogP contribution in [0, 0.1) is 25.5 Å². The molecule has 0 fully saturated rings. The van der Waals surface area contributed by atoms with Crippen molar-refractivity contribution in [1.82, 2.24) is 0 Å². The number of nitrogens with two attached hydrogens (primary N) is 1. The molecule has 2 aromatic rings. The Bertz CT molecular complexity index is 939. The van der Waals surface area contributed by atoms with Crippen molar-refractivity contribution in [2.75, 3.05) is 6.61 Å². The zero-order valence-corrected chi connectivity index (χ0v) is 16.0. The number of ether oxygens (including phenoxy) is 1. The molecule has 1 atom stereocenters. The first-order valence-electron chi connectivity index (χ1n) is 8.63. The van der Waals surface area contributed by atoms with Gasteiger partial charge < -0.3 is 9.84 Å². The van der Waals surface area contributed by atoms with Gasteiger partial charge in [-0.25, -0.2) is 8.78 Å². The second kappa shape index (κ2) is 8.08. The minimum atomic E-state index is -5.12. The Balaban J connectivity index is 2.78. The lowest BCUT2D eigenvalue weighted by Crippen LogP contribution is -2.40. The number of carbonyl (C=O) groups excluding carboxylic acids is 1. The maximum atomic E-state index is 14.7. The van der Waals surface area contributed by atoms with E-state index in [-0.39, 0.29) is 23.3 Å². The quantitative estimate of drug-likeness (QED) is 0.432. The van der Waals surface area contributed by atoms with E-state index in [0.29, 0.717) is 11.6 Å². The number of carbonyl (C=O) groups is 1. The van der Waals surface area contributed by atoms with Crippen molar-refractivity contribution in [1.29, 1.82) is 0 Å². The van der Waals surface area contributed by atoms with Crippen LogP contribution in [0.2, 0.25) is 0 Å². The van der Waals surface area contributed by atoms with Crippen molar-refractivity contribution in [3.8, 4) is 11.1 Å². The van der Waals surface area contributed by atoms with Crippen LogP contribution in [0.5, 0.6) is 0 Å². The molecule has 0 saturated heterocycles. The van der Waals surface area contributed by atoms with E-state index in [1.54, 1.807) is 6.92 Å². The Labute approximate surface area is 164 Å². The van der Waals surface area contributed by atoms with E-state index in [4.69, 9.17) is 5.73 Å². The third kappa shape index (κ3) is 4.73. The molecule has 0 aliphatic rings. The van der Waals surface area contributed by atoms with E-state index in [9.17, 15) is 31.9 Å². The molecule has 0 amide bonds. The number of hydrogen-bond acceptors (Lipinski definition) is 4. The summed E-state index contributed by atoms with van der Waals surface area (Å²) >= 11 is 0. The van der Waals surface area contributed by atoms with Crippen molar-refractivity contribution in [2.45, 2.75) is 39.1 Å². The van der Waals surface area contributed by atoms with Crippen LogP contribution < -0.4 is 5.73 Å². The monoisotopic (exact) mass is 417 g/mol. The fourth-order valence-corrected chi connectivity index (χ4v) is 3.08. The lowest BCUT2D eigenvalue weighted by atomic mass is 9.89. The first-order chi connectivity index (χ1) is 13.3. The number of aryl methyl sites for hydroxylation is 1. The summed E-state index contributed by atoms with van der Waals surface area (Å²) in [6, 6.07) is 3.93. The Morgan fingerprint density at radius 3 is 2.28 bits per heavy atom. The van der Waals surface area contributed by atoms with E-state index in [1.807, 2.05) is 0 Å². The molecule has 3 N–H and O–H groups in total. The molecule has 29 heavy (non-hydrogen) atoms. The number of halogens is 5. The van der Waals surface area contributed by atoms with Crippen LogP contribution in [0.1, 0.15) is 35.6 Å². The number of benzene rings is 2. The SMILES string of the molecule is CCOC(=O)C[C@@](N)(O)c1cc(-c2c(C)ccc(F)c2C)cc(C(F)(F)F)c1F. The van der Waals surface area contributed by atoms with Crippen molar-refractivity contribution in [3.63, 3.8) is 0 Å². The topological polar surface area (TPSA) is 72.5 Å². The van der Waals surface area contributed by atoms with Gasteiger partial charge in [-0.2, -0.15) is 13.2 Å². The van der Waals surface area contributed by atoms with Gasteiger partial charge in [0.25, 0.3) is 0 Å². The molecule has 0 spiro atoms. The highest BCUT2D eigenvalue weighted by atomic mass is 19.4. The zero-order valence-electron chi connectivity index (χ0n) is 16.0. The molecule has 2 aromatic carbocycles. The molecule has 0 bridgehead atoms. The van der Waals surface area contributed by atoms with Crippen LogP contribution in [0.15, 0.2) is 24.3 Å². The highest BCUT2D eigenvalue weighted by Crippen LogP contribution is 2.40. The number of esters is 1. The summed E-state index contributed by atoms with van der Waals surface area (Å²) in [5.41, 5.74) is 0.569. The van der Waals surface area contributed by atoms with Gasteiger partial charge in [0.2, 0.25) is 0 Å². The molecule has 9 heteroatoms. The molecule has 0 unspecified atom stereocenters. The van der Waals surface area contributed by atoms with Crippen molar-refractivity contribution >= 4 is 5.97 Å². The maximum Gasteiger partial charge on any atom is 0.419 e. The van der Waals surface area contributed by atoms with Gasteiger partial charge in [-0.15, -0.1) is 0 Å². The summed E-state index contributed by atoms with van der Waals surface area (Å²) < 4.78 is 73.7. The molecule has 0 radical (unpaired) electrons. The van der Waals surface area contributed by atoms with Gasteiger partial charge in [0.1, 0.15) is 11.6 Å². The first-order valence-corrected chi connectivity index (χ1v) is 8.63. The molecule has 2 rings (SSSR count). The summed E-state index contributed by atoms with van der Waals surface area (Å²) in [6.45, 7) is 4.32. The minimum Gasteiger partial charge on any atom is -0.466 e. The minimum absolute atomic E-state index is 0.0432. The molecule has 0 aliphatic carbocycles. The van der Waals surface area contributed by atoms with E-state index < -0.39 is 47.1 Å². The molecule has 0 heterocycles. The first kappa shape index (κ1) is 22.8. The molecule has 158 valence electrons. The van der Waals surface area contributed by atoms with E-state index in [2.05, 4.69) is 4.74 Å². The lowest BCUT2D eigenvalue weighted by molar-refractivity contribution is -0.149. The van der Waals surface area contributed by atoms with Gasteiger partial charge in [-0.3, -0.25) is 10.5 Å². The van der Waals surface area contributed by atoms with Gasteiger partial charge in [-0.05, 0) is 61.2 Å². The van der Waals surface area contributed by atoms with Gasteiger partial charge in [-0.1, -0.05) is 6.07 Å². The normalized spacial score (nSPS) is 13.9. The van der Waals surface area contributed by atoms with Gasteiger partial charge in [0, 0.05) is 5.56 Å². The Hall–Kier alpha value is -2.52. The van der Waals surface area contributed by atoms with E-state index in [1.165, 1.54) is 19.9 Å². The second-order valence-corrected chi connectivity index (χ2v) is 6.65. The fourth-order valence-electron chi connectivity index (χ4n) is 3.08. The number of aliphatic hydroxyl groups is 1. The van der Waals surface area contributed by atoms with Crippen LogP contribution in [0.4, 0.5) is 22.0 Å². The predicted molar refractivity (Wildman–Crippen MR) is 95.6 cm³/mol. The highest BCUT2D eigenvalue weighted by molar-refractivity contribution is 5.74. The Morgan fingerprint density at radius 1 is 1.14 bits per heavy atom. The third-order valence-electron chi connectivity index (χ3n) is 4.46. The average Bonchev–Trinajstić information content (AvgIpc) is 2.58. The van der Waals surface area contributed by atoms with Crippen molar-refractivity contribution < 1.29 is 36.6 Å². The molecule has 0 aromatic heterocycles. The third-order valence-corrected chi connectivity index (χ3v) is 4.46. The predicted octanol–water partition coefficient (Wildman–Crippen LogP) is 4.32. The largest absolute Gasteiger partial charge is 0.466 e. The Morgan fingerprint density at radius 2 is 1.72 bits per heavy atom. The summed E-state index contributed by atoms with van der Waals surface area (Å²) in [7, 11) is 0. The van der Waals surface area contributed by atoms with Crippen LogP contribution >= 0.6 is 0 Å². The van der Waals surface area contributed by atoms with Crippen molar-refractivity contribution in [3.05, 3.63) is 58.2 Å². The fraction of sp³-hybridized carbons (Fsp3) is 0.350. The smallest absolute Gasteiger partial charge is 0.419 e. The summed E-state index contributed by atoms with van der Waals surface area (Å²) in [5.74, 6) is -3.50. The molecular weight excluding hydrogens is 397 g/mol. The van der Waals surface area contributed by atoms with E-state index in [0.717, 1.165) is 12.1 Å². The molecule has 0 saturated carbocycles. The standard InChI is InChI=1S/C20H20F5NO3/c1-4-29-16(27)9-19(26,28)13-7-12(8-14(18(13)22)20(23,24)25)17-10(2)5-6-15(21)11(17)3/h5-8,28H,4,9,26H2,1-3H3/t19-/m1/s1. The molecular formula is C20H20F5NO3. The van der Waals surface area contributed by atoms with Crippen LogP contribution in [0.3, 0.4) is 0 Å². The maximum absolute atomic E-state index is 14.7. The number of rotatable bonds is 5. The highest BCUT2D eigenvalue weighted by Gasteiger charge is 2.40. The zero-order chi connectivity index (χ0) is 22.1. The van der Waals surface area contributed by atoms with Crippen LogP contribution in [0.25, 0.3) is 11.1 Å². The van der Waals surface area contributed by atoms with Crippen molar-refractivity contribution in [2.24, 2.45) is 5.73 Å². The summed E-state index contributed by atoms with van der Waals surface area (Å²) in [4.78, 5) is 11.7. The van der Waals surface area contributed by atoms with Crippen LogP contribution in [-0.2, 0) is 21.4 Å². The lowest BCUT2D eigenvalue weighted by Gasteiger charge is -2.26. The molecule has 0 aliphatic heterocycles. The number of hydrogen-bond donors (Lipinski definition) is 2. The summed E-state index contributed by atoms with van der Waals surface area (Å²) in [6.07, 6.45) is -6.09. The average molecular weight is 417 g/mol. The second-order valence-electron chi connectivity index (χ2n) is 6.65. The van der Waals surface area contributed by atoms with E-state index >= 15 is 0 Å². The number of alkyl halides is 3. The van der Waals surface area contributed by atoms with Gasteiger partial charge in [0.05, 0.1) is 18.6 Å². The summed E-state index contributed by atoms with van der Waals surface area (Å²) in [5, 5.41) is 10.4. The molecule has 4 nitrogen and oxygen atoms in total.